The SMILES string of the molecule is CCCCCCCCCC1(O)O[C@@H](COS(C)(=O)=O)[C@H]2OC(C)(C)O[C@H]21. The molecule has 8 heteroatoms. The normalized spacial score (nSPS) is 33.5. The number of unbranched alkanes of at least 4 members (excludes halogenated alkanes) is 6. The van der Waals surface area contributed by atoms with Crippen LogP contribution in [0.4, 0.5) is 0 Å². The van der Waals surface area contributed by atoms with Crippen molar-refractivity contribution < 1.29 is 31.9 Å². The Bertz CT molecular complexity index is 548. The van der Waals surface area contributed by atoms with Crippen LogP contribution in [-0.4, -0.2) is 56.3 Å². The van der Waals surface area contributed by atoms with Gasteiger partial charge < -0.3 is 19.3 Å². The molecular formula is C18H34O7S. The Morgan fingerprint density at radius 3 is 2.23 bits per heavy atom. The van der Waals surface area contributed by atoms with Crippen LogP contribution in [0.5, 0.6) is 0 Å². The monoisotopic (exact) mass is 394 g/mol. The second-order valence-corrected chi connectivity index (χ2v) is 9.53. The van der Waals surface area contributed by atoms with Crippen molar-refractivity contribution in [1.82, 2.24) is 0 Å². The van der Waals surface area contributed by atoms with Gasteiger partial charge in [-0.15, -0.1) is 0 Å². The van der Waals surface area contributed by atoms with Gasteiger partial charge in [0, 0.05) is 6.42 Å². The molecular weight excluding hydrogens is 360 g/mol. The van der Waals surface area contributed by atoms with E-state index in [4.69, 9.17) is 18.4 Å². The Labute approximate surface area is 157 Å². The second-order valence-electron chi connectivity index (χ2n) is 7.88. The van der Waals surface area contributed by atoms with Crippen molar-refractivity contribution >= 4 is 10.1 Å². The lowest BCUT2D eigenvalue weighted by Gasteiger charge is -2.30. The molecule has 4 atom stereocenters. The highest BCUT2D eigenvalue weighted by molar-refractivity contribution is 7.85. The van der Waals surface area contributed by atoms with Crippen LogP contribution in [-0.2, 0) is 28.5 Å². The highest BCUT2D eigenvalue weighted by atomic mass is 32.2. The molecule has 1 N–H and O–H groups in total. The van der Waals surface area contributed by atoms with Gasteiger partial charge in [-0.1, -0.05) is 45.4 Å². The van der Waals surface area contributed by atoms with Crippen molar-refractivity contribution in [3.63, 3.8) is 0 Å². The average Bonchev–Trinajstić information content (AvgIpc) is 2.97. The van der Waals surface area contributed by atoms with E-state index in [1.807, 2.05) is 0 Å². The van der Waals surface area contributed by atoms with E-state index in [2.05, 4.69) is 6.92 Å². The molecule has 0 aromatic carbocycles. The summed E-state index contributed by atoms with van der Waals surface area (Å²) in [6.45, 7) is 5.54. The molecule has 0 saturated carbocycles. The van der Waals surface area contributed by atoms with Gasteiger partial charge in [0.15, 0.2) is 11.6 Å². The lowest BCUT2D eigenvalue weighted by molar-refractivity contribution is -0.278. The van der Waals surface area contributed by atoms with Crippen LogP contribution in [0.25, 0.3) is 0 Å². The number of hydrogen-bond acceptors (Lipinski definition) is 7. The molecule has 2 aliphatic heterocycles. The van der Waals surface area contributed by atoms with E-state index in [0.717, 1.165) is 25.5 Å². The summed E-state index contributed by atoms with van der Waals surface area (Å²) < 4.78 is 44.9. The van der Waals surface area contributed by atoms with Crippen molar-refractivity contribution in [2.45, 2.75) is 102 Å². The fourth-order valence-electron chi connectivity index (χ4n) is 3.66. The first-order valence-corrected chi connectivity index (χ1v) is 11.5. The quantitative estimate of drug-likeness (QED) is 0.425. The van der Waals surface area contributed by atoms with Crippen molar-refractivity contribution in [3.05, 3.63) is 0 Å². The van der Waals surface area contributed by atoms with Gasteiger partial charge in [-0.2, -0.15) is 8.42 Å². The molecule has 2 aliphatic rings. The zero-order chi connectivity index (χ0) is 19.4. The topological polar surface area (TPSA) is 91.3 Å². The molecule has 2 saturated heterocycles. The molecule has 2 heterocycles. The first kappa shape index (κ1) is 22.0. The average molecular weight is 395 g/mol. The van der Waals surface area contributed by atoms with Gasteiger partial charge in [0.2, 0.25) is 0 Å². The minimum Gasteiger partial charge on any atom is -0.363 e. The third kappa shape index (κ3) is 6.14. The first-order valence-electron chi connectivity index (χ1n) is 9.66. The smallest absolute Gasteiger partial charge is 0.264 e. The number of hydrogen-bond donors (Lipinski definition) is 1. The van der Waals surface area contributed by atoms with E-state index in [-0.39, 0.29) is 6.61 Å². The second kappa shape index (κ2) is 8.84. The summed E-state index contributed by atoms with van der Waals surface area (Å²) in [4.78, 5) is 0. The Balaban J connectivity index is 1.89. The maximum absolute atomic E-state index is 11.3. The fourth-order valence-corrected chi connectivity index (χ4v) is 4.04. The van der Waals surface area contributed by atoms with Crippen LogP contribution < -0.4 is 0 Å². The Hall–Kier alpha value is -0.250. The summed E-state index contributed by atoms with van der Waals surface area (Å²) in [5, 5.41) is 11.0. The summed E-state index contributed by atoms with van der Waals surface area (Å²) in [5.41, 5.74) is 0. The molecule has 0 radical (unpaired) electrons. The summed E-state index contributed by atoms with van der Waals surface area (Å²) in [6.07, 6.45) is 7.42. The van der Waals surface area contributed by atoms with E-state index < -0.39 is 40.0 Å². The maximum atomic E-state index is 11.3. The summed E-state index contributed by atoms with van der Waals surface area (Å²) in [6, 6.07) is 0. The highest BCUT2D eigenvalue weighted by Crippen LogP contribution is 2.45. The predicted octanol–water partition coefficient (Wildman–Crippen LogP) is 2.71. The minimum absolute atomic E-state index is 0.196. The molecule has 26 heavy (non-hydrogen) atoms. The van der Waals surface area contributed by atoms with Crippen molar-refractivity contribution in [2.24, 2.45) is 0 Å². The van der Waals surface area contributed by atoms with Gasteiger partial charge in [0.25, 0.3) is 10.1 Å². The van der Waals surface area contributed by atoms with Crippen LogP contribution in [0.15, 0.2) is 0 Å². The third-order valence-electron chi connectivity index (χ3n) is 4.88. The molecule has 2 fully saturated rings. The first-order chi connectivity index (χ1) is 12.1. The van der Waals surface area contributed by atoms with Crippen LogP contribution in [0, 0.1) is 0 Å². The summed E-state index contributed by atoms with van der Waals surface area (Å²) >= 11 is 0. The molecule has 0 bridgehead atoms. The Kier molecular flexibility index (Phi) is 7.49. The molecule has 7 nitrogen and oxygen atoms in total. The molecule has 154 valence electrons. The Morgan fingerprint density at radius 2 is 1.62 bits per heavy atom. The minimum atomic E-state index is -3.60. The van der Waals surface area contributed by atoms with Gasteiger partial charge in [-0.25, -0.2) is 0 Å². The zero-order valence-corrected chi connectivity index (χ0v) is 17.2. The van der Waals surface area contributed by atoms with Crippen LogP contribution >= 0.6 is 0 Å². The zero-order valence-electron chi connectivity index (χ0n) is 16.4. The lowest BCUT2D eigenvalue weighted by Crippen LogP contribution is -2.43. The standard InChI is InChI=1S/C18H34O7S/c1-5-6-7-8-9-10-11-12-18(19)16-15(24-17(2,3)25-16)14(23-18)13-22-26(4,20)21/h14-16,19H,5-13H2,1-4H3/t14-,15+,16+,18?/m0/s1. The molecule has 0 aromatic rings. The van der Waals surface area contributed by atoms with Gasteiger partial charge in [-0.3, -0.25) is 4.18 Å². The lowest BCUT2D eigenvalue weighted by atomic mass is 9.99. The Morgan fingerprint density at radius 1 is 1.00 bits per heavy atom. The van der Waals surface area contributed by atoms with Gasteiger partial charge in [0.05, 0.1) is 12.9 Å². The van der Waals surface area contributed by atoms with E-state index >= 15 is 0 Å². The summed E-state index contributed by atoms with van der Waals surface area (Å²) in [5.74, 6) is -2.33. The van der Waals surface area contributed by atoms with Crippen molar-refractivity contribution in [2.75, 3.05) is 12.9 Å². The molecule has 0 aliphatic carbocycles. The highest BCUT2D eigenvalue weighted by Gasteiger charge is 2.62. The number of rotatable bonds is 11. The van der Waals surface area contributed by atoms with Gasteiger partial charge in [-0.05, 0) is 20.3 Å². The molecule has 1 unspecified atom stereocenters. The van der Waals surface area contributed by atoms with Crippen LogP contribution in [0.1, 0.15) is 72.1 Å². The molecule has 2 rings (SSSR count). The third-order valence-corrected chi connectivity index (χ3v) is 5.44. The molecule has 0 amide bonds. The van der Waals surface area contributed by atoms with Gasteiger partial charge in [0.1, 0.15) is 18.3 Å². The van der Waals surface area contributed by atoms with E-state index in [1.165, 1.54) is 25.7 Å². The van der Waals surface area contributed by atoms with Crippen molar-refractivity contribution in [1.29, 1.82) is 0 Å². The molecule has 0 spiro atoms. The number of aliphatic hydroxyl groups is 1. The maximum Gasteiger partial charge on any atom is 0.264 e. The van der Waals surface area contributed by atoms with Gasteiger partial charge >= 0.3 is 0 Å². The number of ether oxygens (including phenoxy) is 3. The summed E-state index contributed by atoms with van der Waals surface area (Å²) in [7, 11) is -3.60. The van der Waals surface area contributed by atoms with Crippen LogP contribution in [0.3, 0.4) is 0 Å². The largest absolute Gasteiger partial charge is 0.363 e. The van der Waals surface area contributed by atoms with E-state index in [0.29, 0.717) is 6.42 Å². The molecule has 0 aromatic heterocycles. The predicted molar refractivity (Wildman–Crippen MR) is 97.1 cm³/mol. The fraction of sp³-hybridized carbons (Fsp3) is 1.00. The van der Waals surface area contributed by atoms with Crippen LogP contribution in [0.2, 0.25) is 0 Å². The van der Waals surface area contributed by atoms with E-state index in [1.54, 1.807) is 13.8 Å². The van der Waals surface area contributed by atoms with E-state index in [9.17, 15) is 13.5 Å². The number of fused-ring (bicyclic) bond motifs is 1. The van der Waals surface area contributed by atoms with Crippen molar-refractivity contribution in [3.8, 4) is 0 Å².